The van der Waals surface area contributed by atoms with Crippen LogP contribution in [-0.4, -0.2) is 5.91 Å². The van der Waals surface area contributed by atoms with Crippen LogP contribution in [0.4, 0.5) is 5.69 Å². The summed E-state index contributed by atoms with van der Waals surface area (Å²) in [4.78, 5) is 13.5. The Morgan fingerprint density at radius 3 is 2.39 bits per heavy atom. The molecule has 31 heavy (non-hydrogen) atoms. The summed E-state index contributed by atoms with van der Waals surface area (Å²) in [6, 6.07) is 23.7. The van der Waals surface area contributed by atoms with Crippen molar-refractivity contribution < 1.29 is 9.53 Å². The second-order valence-corrected chi connectivity index (χ2v) is 8.74. The molecule has 1 aliphatic rings. The zero-order valence-electron chi connectivity index (χ0n) is 17.9. The highest BCUT2D eigenvalue weighted by atomic mass is 35.5. The molecule has 4 heteroatoms. The fraction of sp³-hybridized carbons (Fsp3) is 0.296. The van der Waals surface area contributed by atoms with E-state index in [2.05, 4.69) is 5.32 Å². The van der Waals surface area contributed by atoms with E-state index in [9.17, 15) is 4.79 Å². The largest absolute Gasteiger partial charge is 0.489 e. The Kier molecular flexibility index (Phi) is 6.62. The van der Waals surface area contributed by atoms with Gasteiger partial charge in [0.1, 0.15) is 12.4 Å². The Morgan fingerprint density at radius 1 is 0.968 bits per heavy atom. The third kappa shape index (κ3) is 4.77. The average molecular weight is 434 g/mol. The van der Waals surface area contributed by atoms with E-state index in [-0.39, 0.29) is 5.91 Å². The van der Waals surface area contributed by atoms with Gasteiger partial charge in [-0.3, -0.25) is 4.79 Å². The zero-order valence-corrected chi connectivity index (χ0v) is 18.6. The lowest BCUT2D eigenvalue weighted by Crippen LogP contribution is -2.42. The van der Waals surface area contributed by atoms with Crippen LogP contribution < -0.4 is 10.1 Å². The van der Waals surface area contributed by atoms with E-state index in [0.29, 0.717) is 11.6 Å². The summed E-state index contributed by atoms with van der Waals surface area (Å²) in [5.74, 6) is 0.845. The normalized spacial score (nSPS) is 15.3. The van der Waals surface area contributed by atoms with Gasteiger partial charge in [-0.25, -0.2) is 0 Å². The molecule has 0 unspecified atom stereocenters. The first-order valence-electron chi connectivity index (χ1n) is 10.9. The third-order valence-electron chi connectivity index (χ3n) is 6.20. The summed E-state index contributed by atoms with van der Waals surface area (Å²) in [7, 11) is 0. The van der Waals surface area contributed by atoms with E-state index in [1.165, 1.54) is 0 Å². The molecule has 0 radical (unpaired) electrons. The van der Waals surface area contributed by atoms with Crippen LogP contribution in [-0.2, 0) is 16.8 Å². The summed E-state index contributed by atoms with van der Waals surface area (Å²) in [5, 5.41) is 3.83. The van der Waals surface area contributed by atoms with E-state index in [0.717, 1.165) is 60.2 Å². The van der Waals surface area contributed by atoms with E-state index in [4.69, 9.17) is 16.3 Å². The summed E-state index contributed by atoms with van der Waals surface area (Å²) in [5.41, 5.74) is 3.26. The molecule has 0 spiro atoms. The Labute approximate surface area is 189 Å². The SMILES string of the molecule is Cc1cc(NC(=O)C2(c3ccccc3Cl)CCCCC2)ccc1OCc1ccccc1. The summed E-state index contributed by atoms with van der Waals surface area (Å²) in [6.07, 6.45) is 4.86. The van der Waals surface area contributed by atoms with Crippen LogP contribution in [0.2, 0.25) is 5.02 Å². The van der Waals surface area contributed by atoms with Gasteiger partial charge in [-0.05, 0) is 60.7 Å². The quantitative estimate of drug-likeness (QED) is 0.451. The average Bonchev–Trinajstić information content (AvgIpc) is 2.80. The highest BCUT2D eigenvalue weighted by Gasteiger charge is 2.42. The molecular weight excluding hydrogens is 406 g/mol. The molecule has 1 saturated carbocycles. The fourth-order valence-electron chi connectivity index (χ4n) is 4.50. The van der Waals surface area contributed by atoms with Crippen molar-refractivity contribution in [3.05, 3.63) is 94.5 Å². The molecule has 3 aromatic carbocycles. The van der Waals surface area contributed by atoms with Crippen LogP contribution in [0, 0.1) is 6.92 Å². The second-order valence-electron chi connectivity index (χ2n) is 8.33. The van der Waals surface area contributed by atoms with E-state index >= 15 is 0 Å². The smallest absolute Gasteiger partial charge is 0.235 e. The third-order valence-corrected chi connectivity index (χ3v) is 6.53. The molecule has 1 aliphatic carbocycles. The lowest BCUT2D eigenvalue weighted by molar-refractivity contribution is -0.122. The number of aryl methyl sites for hydroxylation is 1. The van der Waals surface area contributed by atoms with Gasteiger partial charge in [0.15, 0.2) is 0 Å². The number of ether oxygens (including phenoxy) is 1. The maximum atomic E-state index is 13.5. The molecule has 0 atom stereocenters. The number of benzene rings is 3. The standard InChI is InChI=1S/C27H28ClNO2/c1-20-18-22(14-15-25(20)31-19-21-10-4-2-5-11-21)29-26(30)27(16-8-3-9-17-27)23-12-6-7-13-24(23)28/h2,4-7,10-15,18H,3,8-9,16-17,19H2,1H3,(H,29,30). The van der Waals surface area contributed by atoms with Crippen molar-refractivity contribution >= 4 is 23.2 Å². The summed E-state index contributed by atoms with van der Waals surface area (Å²) >= 11 is 6.53. The maximum absolute atomic E-state index is 13.5. The molecule has 1 N–H and O–H groups in total. The maximum Gasteiger partial charge on any atom is 0.235 e. The zero-order chi connectivity index (χ0) is 21.7. The van der Waals surface area contributed by atoms with Crippen LogP contribution >= 0.6 is 11.6 Å². The van der Waals surface area contributed by atoms with Crippen molar-refractivity contribution in [2.75, 3.05) is 5.32 Å². The van der Waals surface area contributed by atoms with Crippen molar-refractivity contribution in [1.29, 1.82) is 0 Å². The minimum atomic E-state index is -0.576. The molecule has 3 aromatic rings. The monoisotopic (exact) mass is 433 g/mol. The van der Waals surface area contributed by atoms with E-state index < -0.39 is 5.41 Å². The van der Waals surface area contributed by atoms with Gasteiger partial charge in [0.05, 0.1) is 5.41 Å². The van der Waals surface area contributed by atoms with Gasteiger partial charge < -0.3 is 10.1 Å². The number of rotatable bonds is 6. The summed E-state index contributed by atoms with van der Waals surface area (Å²) in [6.45, 7) is 2.52. The highest BCUT2D eigenvalue weighted by molar-refractivity contribution is 6.31. The van der Waals surface area contributed by atoms with Gasteiger partial charge in [0.2, 0.25) is 5.91 Å². The van der Waals surface area contributed by atoms with Gasteiger partial charge in [0.25, 0.3) is 0 Å². The fourth-order valence-corrected chi connectivity index (χ4v) is 4.82. The van der Waals surface area contributed by atoms with Gasteiger partial charge in [-0.2, -0.15) is 0 Å². The molecule has 1 fully saturated rings. The first kappa shape index (κ1) is 21.5. The number of carbonyl (C=O) groups is 1. The molecule has 0 heterocycles. The number of anilines is 1. The van der Waals surface area contributed by atoms with E-state index in [1.54, 1.807) is 0 Å². The van der Waals surface area contributed by atoms with Gasteiger partial charge in [0, 0.05) is 10.7 Å². The molecule has 160 valence electrons. The lowest BCUT2D eigenvalue weighted by atomic mass is 9.68. The predicted octanol–water partition coefficient (Wildman–Crippen LogP) is 7.07. The van der Waals surface area contributed by atoms with E-state index in [1.807, 2.05) is 79.7 Å². The van der Waals surface area contributed by atoms with Crippen molar-refractivity contribution in [1.82, 2.24) is 0 Å². The number of amides is 1. The lowest BCUT2D eigenvalue weighted by Gasteiger charge is -2.37. The van der Waals surface area contributed by atoms with Crippen molar-refractivity contribution in [2.45, 2.75) is 51.0 Å². The second kappa shape index (κ2) is 9.57. The Balaban J connectivity index is 1.51. The summed E-state index contributed by atoms with van der Waals surface area (Å²) < 4.78 is 5.97. The van der Waals surface area contributed by atoms with Crippen LogP contribution in [0.3, 0.4) is 0 Å². The van der Waals surface area contributed by atoms with Crippen LogP contribution in [0.5, 0.6) is 5.75 Å². The minimum absolute atomic E-state index is 0.0256. The number of nitrogens with one attached hydrogen (secondary N) is 1. The molecule has 0 aliphatic heterocycles. The molecule has 4 rings (SSSR count). The number of hydrogen-bond donors (Lipinski definition) is 1. The molecule has 0 saturated heterocycles. The number of hydrogen-bond acceptors (Lipinski definition) is 2. The minimum Gasteiger partial charge on any atom is -0.489 e. The van der Waals surface area contributed by atoms with Crippen LogP contribution in [0.1, 0.15) is 48.8 Å². The van der Waals surface area contributed by atoms with Crippen LogP contribution in [0.15, 0.2) is 72.8 Å². The van der Waals surface area contributed by atoms with Crippen molar-refractivity contribution in [2.24, 2.45) is 0 Å². The molecular formula is C27H28ClNO2. The predicted molar refractivity (Wildman–Crippen MR) is 127 cm³/mol. The van der Waals surface area contributed by atoms with Crippen molar-refractivity contribution in [3.8, 4) is 5.75 Å². The topological polar surface area (TPSA) is 38.3 Å². The number of carbonyl (C=O) groups excluding carboxylic acids is 1. The highest BCUT2D eigenvalue weighted by Crippen LogP contribution is 2.43. The Hall–Kier alpha value is -2.78. The van der Waals surface area contributed by atoms with Gasteiger partial charge >= 0.3 is 0 Å². The van der Waals surface area contributed by atoms with Gasteiger partial charge in [-0.15, -0.1) is 0 Å². The van der Waals surface area contributed by atoms with Gasteiger partial charge in [-0.1, -0.05) is 79.4 Å². The number of halogens is 1. The molecule has 1 amide bonds. The Bertz CT molecular complexity index is 1040. The molecule has 0 aromatic heterocycles. The Morgan fingerprint density at radius 2 is 1.68 bits per heavy atom. The first-order valence-corrected chi connectivity index (χ1v) is 11.3. The van der Waals surface area contributed by atoms with Crippen molar-refractivity contribution in [3.63, 3.8) is 0 Å². The molecule has 3 nitrogen and oxygen atoms in total. The molecule has 0 bridgehead atoms. The van der Waals surface area contributed by atoms with Crippen LogP contribution in [0.25, 0.3) is 0 Å². The first-order chi connectivity index (χ1) is 15.1.